The zero-order chi connectivity index (χ0) is 18.2. The summed E-state index contributed by atoms with van der Waals surface area (Å²) in [6.07, 6.45) is 1.97. The van der Waals surface area contributed by atoms with Gasteiger partial charge in [-0.3, -0.25) is 0 Å². The third-order valence-electron chi connectivity index (χ3n) is 3.49. The highest BCUT2D eigenvalue weighted by atomic mass is 127. The highest BCUT2D eigenvalue weighted by Gasteiger charge is 2.13. The van der Waals surface area contributed by atoms with Gasteiger partial charge in [-0.1, -0.05) is 6.92 Å². The van der Waals surface area contributed by atoms with Crippen LogP contribution in [0.5, 0.6) is 0 Å². The van der Waals surface area contributed by atoms with Crippen LogP contribution in [0.25, 0.3) is 0 Å². The van der Waals surface area contributed by atoms with Crippen LogP contribution in [-0.2, 0) is 16.6 Å². The third-order valence-corrected chi connectivity index (χ3v) is 5.92. The van der Waals surface area contributed by atoms with Crippen molar-refractivity contribution >= 4 is 51.3 Å². The molecular weight excluding hydrogens is 473 g/mol. The Morgan fingerprint density at radius 1 is 1.28 bits per heavy atom. The van der Waals surface area contributed by atoms with Crippen LogP contribution in [0.1, 0.15) is 35.8 Å². The average molecular weight is 503 g/mol. The second-order valence-corrected chi connectivity index (χ2v) is 8.75. The number of hydrogen-bond donors (Lipinski definition) is 2. The second kappa shape index (κ2) is 12.0. The lowest BCUT2D eigenvalue weighted by atomic mass is 10.4. The van der Waals surface area contributed by atoms with Gasteiger partial charge >= 0.3 is 0 Å². The summed E-state index contributed by atoms with van der Waals surface area (Å²) in [7, 11) is -3.12. The number of thiazole rings is 1. The van der Waals surface area contributed by atoms with E-state index >= 15 is 0 Å². The summed E-state index contributed by atoms with van der Waals surface area (Å²) < 4.78 is 24.6. The first-order valence-corrected chi connectivity index (χ1v) is 10.8. The van der Waals surface area contributed by atoms with E-state index in [0.29, 0.717) is 26.2 Å². The number of aromatic nitrogens is 1. The minimum absolute atomic E-state index is 0. The van der Waals surface area contributed by atoms with Crippen molar-refractivity contribution in [2.75, 3.05) is 32.4 Å². The fraction of sp³-hybridized carbons (Fsp3) is 0.733. The van der Waals surface area contributed by atoms with Gasteiger partial charge in [-0.15, -0.1) is 35.3 Å². The van der Waals surface area contributed by atoms with Gasteiger partial charge in [-0.2, -0.15) is 0 Å². The third kappa shape index (κ3) is 9.15. The molecule has 10 heteroatoms. The maximum atomic E-state index is 11.5. The number of aliphatic imine (C=N–C) groups is 1. The lowest BCUT2D eigenvalue weighted by Gasteiger charge is -2.18. The Balaban J connectivity index is 0.00000576. The largest absolute Gasteiger partial charge is 0.357 e. The molecule has 1 rings (SSSR count). The molecule has 0 unspecified atom stereocenters. The minimum atomic E-state index is -3.12. The summed E-state index contributed by atoms with van der Waals surface area (Å²) in [5.74, 6) is 0.727. The Morgan fingerprint density at radius 3 is 2.44 bits per heavy atom. The number of nitrogens with one attached hydrogen (secondary N) is 2. The lowest BCUT2D eigenvalue weighted by Crippen LogP contribution is -2.39. The number of guanidine groups is 1. The maximum Gasteiger partial charge on any atom is 0.211 e. The fourth-order valence-electron chi connectivity index (χ4n) is 2.12. The van der Waals surface area contributed by atoms with Crippen LogP contribution in [0.2, 0.25) is 0 Å². The number of sulfonamides is 1. The molecular formula is C15H30IN5O2S2. The van der Waals surface area contributed by atoms with Gasteiger partial charge < -0.3 is 10.6 Å². The van der Waals surface area contributed by atoms with Crippen molar-refractivity contribution in [1.29, 1.82) is 0 Å². The normalized spacial score (nSPS) is 12.2. The van der Waals surface area contributed by atoms with E-state index in [4.69, 9.17) is 0 Å². The minimum Gasteiger partial charge on any atom is -0.357 e. The molecule has 0 aliphatic heterocycles. The van der Waals surface area contributed by atoms with E-state index < -0.39 is 10.0 Å². The first-order valence-electron chi connectivity index (χ1n) is 8.18. The smallest absolute Gasteiger partial charge is 0.211 e. The fourth-order valence-corrected chi connectivity index (χ4v) is 3.90. The molecule has 146 valence electrons. The summed E-state index contributed by atoms with van der Waals surface area (Å²) in [6, 6.07) is 0. The molecule has 0 aliphatic rings. The van der Waals surface area contributed by atoms with Crippen molar-refractivity contribution in [3.8, 4) is 0 Å². The van der Waals surface area contributed by atoms with E-state index in [1.54, 1.807) is 11.3 Å². The summed E-state index contributed by atoms with van der Waals surface area (Å²) >= 11 is 1.67. The van der Waals surface area contributed by atoms with Crippen LogP contribution >= 0.6 is 35.3 Å². The Bertz CT molecular complexity index is 627. The molecule has 1 aromatic rings. The molecule has 0 fully saturated rings. The number of halogens is 1. The van der Waals surface area contributed by atoms with Gasteiger partial charge in [0.2, 0.25) is 10.0 Å². The quantitative estimate of drug-likeness (QED) is 0.233. The van der Waals surface area contributed by atoms with Crippen LogP contribution in [0, 0.1) is 13.8 Å². The van der Waals surface area contributed by atoms with Gasteiger partial charge in [0, 0.05) is 31.1 Å². The van der Waals surface area contributed by atoms with E-state index in [0.717, 1.165) is 29.6 Å². The van der Waals surface area contributed by atoms with E-state index in [9.17, 15) is 8.42 Å². The molecule has 0 radical (unpaired) electrons. The number of rotatable bonds is 9. The molecule has 25 heavy (non-hydrogen) atoms. The van der Waals surface area contributed by atoms with E-state index in [-0.39, 0.29) is 24.0 Å². The molecule has 0 atom stereocenters. The Labute approximate surface area is 172 Å². The van der Waals surface area contributed by atoms with Gasteiger partial charge in [0.25, 0.3) is 0 Å². The molecule has 7 nitrogen and oxygen atoms in total. The summed E-state index contributed by atoms with van der Waals surface area (Å²) in [5.41, 5.74) is 1.06. The van der Waals surface area contributed by atoms with Crippen molar-refractivity contribution in [3.05, 3.63) is 15.6 Å². The topological polar surface area (TPSA) is 86.7 Å². The van der Waals surface area contributed by atoms with Gasteiger partial charge in [0.15, 0.2) is 5.96 Å². The van der Waals surface area contributed by atoms with Crippen LogP contribution in [0.15, 0.2) is 4.99 Å². The maximum absolute atomic E-state index is 11.5. The number of aryl methyl sites for hydroxylation is 2. The molecule has 0 saturated carbocycles. The highest BCUT2D eigenvalue weighted by molar-refractivity contribution is 14.0. The molecule has 1 aromatic heterocycles. The van der Waals surface area contributed by atoms with Crippen molar-refractivity contribution in [3.63, 3.8) is 0 Å². The average Bonchev–Trinajstić information content (AvgIpc) is 2.82. The first-order chi connectivity index (χ1) is 11.3. The molecule has 0 bridgehead atoms. The van der Waals surface area contributed by atoms with Crippen molar-refractivity contribution in [2.45, 2.75) is 40.7 Å². The zero-order valence-corrected chi connectivity index (χ0v) is 19.6. The SMILES string of the molecule is CCNC(=NCc1nc(C)c(C)s1)NCCCN(CC)S(C)(=O)=O.I. The summed E-state index contributed by atoms with van der Waals surface area (Å²) in [6.45, 7) is 10.9. The molecule has 0 aromatic carbocycles. The van der Waals surface area contributed by atoms with E-state index in [1.807, 2.05) is 20.8 Å². The molecule has 0 saturated heterocycles. The Hall–Kier alpha value is -0.460. The predicted octanol–water partition coefficient (Wildman–Crippen LogP) is 2.10. The van der Waals surface area contributed by atoms with Crippen molar-refractivity contribution in [1.82, 2.24) is 19.9 Å². The molecule has 0 aliphatic carbocycles. The van der Waals surface area contributed by atoms with Gasteiger partial charge in [-0.25, -0.2) is 22.7 Å². The molecule has 2 N–H and O–H groups in total. The molecule has 0 amide bonds. The molecule has 1 heterocycles. The van der Waals surface area contributed by atoms with E-state index in [1.165, 1.54) is 15.4 Å². The predicted molar refractivity (Wildman–Crippen MR) is 117 cm³/mol. The van der Waals surface area contributed by atoms with Crippen LogP contribution in [0.3, 0.4) is 0 Å². The lowest BCUT2D eigenvalue weighted by molar-refractivity contribution is 0.424. The van der Waals surface area contributed by atoms with Crippen molar-refractivity contribution < 1.29 is 8.42 Å². The second-order valence-electron chi connectivity index (χ2n) is 5.48. The van der Waals surface area contributed by atoms with Crippen LogP contribution < -0.4 is 10.6 Å². The molecule has 0 spiro atoms. The first kappa shape index (κ1) is 24.5. The van der Waals surface area contributed by atoms with Gasteiger partial charge in [0.1, 0.15) is 5.01 Å². The number of hydrogen-bond acceptors (Lipinski definition) is 5. The van der Waals surface area contributed by atoms with Gasteiger partial charge in [-0.05, 0) is 27.2 Å². The summed E-state index contributed by atoms with van der Waals surface area (Å²) in [5, 5.41) is 7.42. The standard InChI is InChI=1S/C15H29N5O2S2.HI/c1-6-16-15(18-11-14-19-12(3)13(4)23-14)17-9-8-10-20(7-2)24(5,21)22;/h6-11H2,1-5H3,(H2,16,17,18);1H. The Kier molecular flexibility index (Phi) is 11.8. The van der Waals surface area contributed by atoms with Gasteiger partial charge in [0.05, 0.1) is 18.5 Å². The monoisotopic (exact) mass is 503 g/mol. The zero-order valence-electron chi connectivity index (χ0n) is 15.6. The van der Waals surface area contributed by atoms with Crippen LogP contribution in [-0.4, -0.2) is 56.1 Å². The number of nitrogens with zero attached hydrogens (tertiary/aromatic N) is 3. The Morgan fingerprint density at radius 2 is 1.96 bits per heavy atom. The van der Waals surface area contributed by atoms with Crippen LogP contribution in [0.4, 0.5) is 0 Å². The van der Waals surface area contributed by atoms with Crippen molar-refractivity contribution in [2.24, 2.45) is 4.99 Å². The highest BCUT2D eigenvalue weighted by Crippen LogP contribution is 2.16. The van der Waals surface area contributed by atoms with E-state index in [2.05, 4.69) is 27.5 Å². The summed E-state index contributed by atoms with van der Waals surface area (Å²) in [4.78, 5) is 10.2.